The first-order valence-electron chi connectivity index (χ1n) is 6.96. The number of nitrogens with one attached hydrogen (secondary N) is 3. The van der Waals surface area contributed by atoms with Crippen LogP contribution in [-0.2, 0) is 4.79 Å². The van der Waals surface area contributed by atoms with Gasteiger partial charge in [-0.25, -0.2) is 4.79 Å². The number of anilines is 1. The molecule has 1 heterocycles. The third kappa shape index (κ3) is 3.54. The summed E-state index contributed by atoms with van der Waals surface area (Å²) < 4.78 is 5.56. The molecule has 0 aliphatic heterocycles. The van der Waals surface area contributed by atoms with Crippen LogP contribution in [0.25, 0.3) is 11.0 Å². The second-order valence-electron chi connectivity index (χ2n) is 5.04. The van der Waals surface area contributed by atoms with Crippen molar-refractivity contribution in [1.82, 2.24) is 9.97 Å². The zero-order valence-electron chi connectivity index (χ0n) is 12.2. The van der Waals surface area contributed by atoms with Crippen molar-refractivity contribution in [3.8, 4) is 5.75 Å². The molecule has 0 saturated heterocycles. The first kappa shape index (κ1) is 15.2. The Balaban J connectivity index is 1.69. The summed E-state index contributed by atoms with van der Waals surface area (Å²) in [5.74, 6) is 0.264. The van der Waals surface area contributed by atoms with E-state index in [-0.39, 0.29) is 11.6 Å². The summed E-state index contributed by atoms with van der Waals surface area (Å²) in [5, 5.41) is 3.35. The Hall–Kier alpha value is -2.73. The lowest BCUT2D eigenvalue weighted by atomic mass is 10.2. The molecule has 7 heteroatoms. The number of halogens is 1. The average Bonchev–Trinajstić information content (AvgIpc) is 2.88. The monoisotopic (exact) mass is 331 g/mol. The summed E-state index contributed by atoms with van der Waals surface area (Å²) >= 11 is 5.80. The van der Waals surface area contributed by atoms with Crippen molar-refractivity contribution < 1.29 is 9.53 Å². The topological polar surface area (TPSA) is 87.0 Å². The van der Waals surface area contributed by atoms with Crippen LogP contribution in [0.1, 0.15) is 6.92 Å². The molecule has 0 fully saturated rings. The van der Waals surface area contributed by atoms with Crippen LogP contribution in [0.5, 0.6) is 5.75 Å². The van der Waals surface area contributed by atoms with Crippen molar-refractivity contribution in [2.75, 3.05) is 5.32 Å². The number of carbonyl (C=O) groups excluding carboxylic acids is 1. The van der Waals surface area contributed by atoms with Gasteiger partial charge in [0, 0.05) is 10.7 Å². The summed E-state index contributed by atoms with van der Waals surface area (Å²) in [6.07, 6.45) is -0.683. The fourth-order valence-corrected chi connectivity index (χ4v) is 2.25. The van der Waals surface area contributed by atoms with E-state index in [9.17, 15) is 9.59 Å². The maximum Gasteiger partial charge on any atom is 0.323 e. The van der Waals surface area contributed by atoms with E-state index in [4.69, 9.17) is 16.3 Å². The largest absolute Gasteiger partial charge is 0.481 e. The lowest BCUT2D eigenvalue weighted by Gasteiger charge is -2.14. The van der Waals surface area contributed by atoms with E-state index >= 15 is 0 Å². The Morgan fingerprint density at radius 3 is 2.57 bits per heavy atom. The fraction of sp³-hybridized carbons (Fsp3) is 0.125. The number of benzene rings is 2. The van der Waals surface area contributed by atoms with Crippen molar-refractivity contribution in [1.29, 1.82) is 0 Å². The highest BCUT2D eigenvalue weighted by Crippen LogP contribution is 2.18. The Bertz CT molecular complexity index is 899. The van der Waals surface area contributed by atoms with E-state index in [2.05, 4.69) is 15.3 Å². The third-order valence-electron chi connectivity index (χ3n) is 3.28. The van der Waals surface area contributed by atoms with Crippen molar-refractivity contribution in [3.05, 3.63) is 58.0 Å². The summed E-state index contributed by atoms with van der Waals surface area (Å²) in [4.78, 5) is 28.7. The van der Waals surface area contributed by atoms with Gasteiger partial charge in [0.05, 0.1) is 11.0 Å². The molecule has 0 saturated carbocycles. The van der Waals surface area contributed by atoms with Crippen LogP contribution < -0.4 is 15.7 Å². The van der Waals surface area contributed by atoms with E-state index in [0.29, 0.717) is 27.5 Å². The van der Waals surface area contributed by atoms with Crippen molar-refractivity contribution in [3.63, 3.8) is 0 Å². The van der Waals surface area contributed by atoms with Crippen LogP contribution >= 0.6 is 11.6 Å². The normalized spacial score (nSPS) is 12.1. The molecule has 3 N–H and O–H groups in total. The van der Waals surface area contributed by atoms with Crippen molar-refractivity contribution in [2.45, 2.75) is 13.0 Å². The van der Waals surface area contributed by atoms with Gasteiger partial charge in [-0.3, -0.25) is 4.79 Å². The first-order chi connectivity index (χ1) is 11.0. The fourth-order valence-electron chi connectivity index (χ4n) is 2.13. The molecule has 0 radical (unpaired) electrons. The number of ether oxygens (including phenoxy) is 1. The number of carbonyl (C=O) groups is 1. The van der Waals surface area contributed by atoms with Gasteiger partial charge in [-0.05, 0) is 49.4 Å². The highest BCUT2D eigenvalue weighted by Gasteiger charge is 2.15. The minimum Gasteiger partial charge on any atom is -0.481 e. The molecule has 0 spiro atoms. The van der Waals surface area contributed by atoms with Gasteiger partial charge in [0.15, 0.2) is 6.10 Å². The number of hydrogen-bond acceptors (Lipinski definition) is 3. The quantitative estimate of drug-likeness (QED) is 0.687. The summed E-state index contributed by atoms with van der Waals surface area (Å²) in [5.41, 5.74) is 1.59. The predicted octanol–water partition coefficient (Wildman–Crippen LogP) is 2.92. The first-order valence-corrected chi connectivity index (χ1v) is 7.34. The Labute approximate surface area is 136 Å². The molecule has 3 rings (SSSR count). The number of hydrogen-bond donors (Lipinski definition) is 3. The SMILES string of the molecule is CC(Oc1ccc(Cl)cc1)C(=O)Nc1ccc2[nH]c(=O)[nH]c2c1. The van der Waals surface area contributed by atoms with Crippen LogP contribution in [0, 0.1) is 0 Å². The van der Waals surface area contributed by atoms with E-state index < -0.39 is 6.10 Å². The highest BCUT2D eigenvalue weighted by molar-refractivity contribution is 6.30. The molecule has 1 unspecified atom stereocenters. The lowest BCUT2D eigenvalue weighted by Crippen LogP contribution is -2.30. The molecule has 1 aromatic heterocycles. The van der Waals surface area contributed by atoms with Gasteiger partial charge < -0.3 is 20.0 Å². The van der Waals surface area contributed by atoms with E-state index in [1.54, 1.807) is 49.4 Å². The molecule has 1 amide bonds. The summed E-state index contributed by atoms with van der Waals surface area (Å²) in [6.45, 7) is 1.65. The number of aromatic nitrogens is 2. The predicted molar refractivity (Wildman–Crippen MR) is 89.1 cm³/mol. The van der Waals surface area contributed by atoms with Crippen LogP contribution in [-0.4, -0.2) is 22.0 Å². The van der Waals surface area contributed by atoms with E-state index in [0.717, 1.165) is 0 Å². The molecule has 0 aliphatic rings. The van der Waals surface area contributed by atoms with Gasteiger partial charge in [0.2, 0.25) is 0 Å². The van der Waals surface area contributed by atoms with E-state index in [1.807, 2.05) is 0 Å². The van der Waals surface area contributed by atoms with Gasteiger partial charge in [0.1, 0.15) is 5.75 Å². The molecule has 118 valence electrons. The zero-order valence-corrected chi connectivity index (χ0v) is 13.0. The average molecular weight is 332 g/mol. The number of fused-ring (bicyclic) bond motifs is 1. The van der Waals surface area contributed by atoms with Crippen LogP contribution in [0.3, 0.4) is 0 Å². The molecule has 0 bridgehead atoms. The maximum atomic E-state index is 12.2. The molecule has 6 nitrogen and oxygen atoms in total. The van der Waals surface area contributed by atoms with Crippen LogP contribution in [0.4, 0.5) is 5.69 Å². The van der Waals surface area contributed by atoms with Crippen molar-refractivity contribution >= 4 is 34.2 Å². The van der Waals surface area contributed by atoms with Gasteiger partial charge in [-0.15, -0.1) is 0 Å². The number of amides is 1. The molecule has 1 atom stereocenters. The number of rotatable bonds is 4. The smallest absolute Gasteiger partial charge is 0.323 e. The number of imidazole rings is 1. The number of H-pyrrole nitrogens is 2. The maximum absolute atomic E-state index is 12.2. The van der Waals surface area contributed by atoms with Gasteiger partial charge in [-0.2, -0.15) is 0 Å². The van der Waals surface area contributed by atoms with Gasteiger partial charge in [-0.1, -0.05) is 11.6 Å². The second-order valence-corrected chi connectivity index (χ2v) is 5.48. The molecule has 2 aromatic carbocycles. The minimum absolute atomic E-state index is 0.289. The standard InChI is InChI=1S/C16H14ClN3O3/c1-9(23-12-5-2-10(17)3-6-12)15(21)18-11-4-7-13-14(8-11)20-16(22)19-13/h2-9H,1H3,(H,18,21)(H2,19,20,22). The van der Waals surface area contributed by atoms with E-state index in [1.165, 1.54) is 0 Å². The van der Waals surface area contributed by atoms with Crippen LogP contribution in [0.15, 0.2) is 47.3 Å². The molecule has 3 aromatic rings. The lowest BCUT2D eigenvalue weighted by molar-refractivity contribution is -0.122. The third-order valence-corrected chi connectivity index (χ3v) is 3.53. The Kier molecular flexibility index (Phi) is 4.08. The van der Waals surface area contributed by atoms with Gasteiger partial charge in [0.25, 0.3) is 5.91 Å². The van der Waals surface area contributed by atoms with Crippen molar-refractivity contribution in [2.24, 2.45) is 0 Å². The second kappa shape index (κ2) is 6.18. The van der Waals surface area contributed by atoms with Gasteiger partial charge >= 0.3 is 5.69 Å². The molecule has 0 aliphatic carbocycles. The minimum atomic E-state index is -0.683. The number of aromatic amines is 2. The summed E-state index contributed by atoms with van der Waals surface area (Å²) in [6, 6.07) is 11.9. The molecular formula is C16H14ClN3O3. The van der Waals surface area contributed by atoms with Crippen LogP contribution in [0.2, 0.25) is 5.02 Å². The Morgan fingerprint density at radius 1 is 1.13 bits per heavy atom. The Morgan fingerprint density at radius 2 is 1.83 bits per heavy atom. The molecule has 23 heavy (non-hydrogen) atoms. The summed E-state index contributed by atoms with van der Waals surface area (Å²) in [7, 11) is 0. The zero-order chi connectivity index (χ0) is 16.4. The molecular weight excluding hydrogens is 318 g/mol. The highest BCUT2D eigenvalue weighted by atomic mass is 35.5.